The van der Waals surface area contributed by atoms with E-state index in [-0.39, 0.29) is 5.91 Å². The number of halogens is 1. The second-order valence-corrected chi connectivity index (χ2v) is 8.22. The highest BCUT2D eigenvalue weighted by Crippen LogP contribution is 2.27. The maximum absolute atomic E-state index is 12.4. The Bertz CT molecular complexity index is 662. The van der Waals surface area contributed by atoms with Gasteiger partial charge in [0, 0.05) is 10.8 Å². The van der Waals surface area contributed by atoms with Crippen molar-refractivity contribution in [1.82, 2.24) is 10.2 Å². The van der Waals surface area contributed by atoms with Gasteiger partial charge in [0.05, 0.1) is 0 Å². The van der Waals surface area contributed by atoms with Crippen molar-refractivity contribution in [3.63, 3.8) is 0 Å². The minimum Gasteiger partial charge on any atom is -0.481 e. The molecular formula is C16H20ClN3O2S2. The van der Waals surface area contributed by atoms with Crippen LogP contribution in [0, 0.1) is 5.92 Å². The number of aromatic nitrogens is 2. The van der Waals surface area contributed by atoms with Gasteiger partial charge < -0.3 is 4.74 Å². The lowest BCUT2D eigenvalue weighted by Crippen LogP contribution is -2.32. The van der Waals surface area contributed by atoms with Crippen LogP contribution in [0.25, 0.3) is 0 Å². The molecule has 0 radical (unpaired) electrons. The molecule has 0 bridgehead atoms. The molecule has 0 saturated carbocycles. The molecule has 1 aromatic carbocycles. The molecule has 0 aliphatic heterocycles. The quantitative estimate of drug-likeness (QED) is 0.525. The van der Waals surface area contributed by atoms with E-state index in [1.165, 1.54) is 11.3 Å². The number of nitrogens with zero attached hydrogens (tertiary/aromatic N) is 2. The molecule has 5 nitrogen and oxygen atoms in total. The SMILES string of the molecule is CCC(Oc1ccc(Cl)cc1)C(=O)Nc1nnc(SCC(C)C)s1. The predicted octanol–water partition coefficient (Wildman–Crippen LogP) is 4.74. The number of nitrogens with one attached hydrogen (secondary N) is 1. The Morgan fingerprint density at radius 3 is 2.67 bits per heavy atom. The van der Waals surface area contributed by atoms with Crippen LogP contribution in [0.1, 0.15) is 27.2 Å². The van der Waals surface area contributed by atoms with Crippen molar-refractivity contribution in [1.29, 1.82) is 0 Å². The fraction of sp³-hybridized carbons (Fsp3) is 0.438. The van der Waals surface area contributed by atoms with Crippen LogP contribution in [0.3, 0.4) is 0 Å². The van der Waals surface area contributed by atoms with Crippen LogP contribution in [0.15, 0.2) is 28.6 Å². The molecule has 8 heteroatoms. The smallest absolute Gasteiger partial charge is 0.267 e. The Balaban J connectivity index is 1.92. The second-order valence-electron chi connectivity index (χ2n) is 5.54. The largest absolute Gasteiger partial charge is 0.481 e. The summed E-state index contributed by atoms with van der Waals surface area (Å²) in [6, 6.07) is 6.93. The summed E-state index contributed by atoms with van der Waals surface area (Å²) in [5.74, 6) is 1.92. The Labute approximate surface area is 155 Å². The molecule has 24 heavy (non-hydrogen) atoms. The Hall–Kier alpha value is -1.31. The fourth-order valence-corrected chi connectivity index (χ4v) is 3.60. The number of hydrogen-bond acceptors (Lipinski definition) is 6. The molecule has 1 aromatic heterocycles. The van der Waals surface area contributed by atoms with Crippen molar-refractivity contribution in [3.8, 4) is 5.75 Å². The molecule has 0 aliphatic carbocycles. The van der Waals surface area contributed by atoms with Crippen LogP contribution >= 0.6 is 34.7 Å². The monoisotopic (exact) mass is 385 g/mol. The summed E-state index contributed by atoms with van der Waals surface area (Å²) in [5.41, 5.74) is 0. The summed E-state index contributed by atoms with van der Waals surface area (Å²) in [4.78, 5) is 12.4. The molecule has 2 aromatic rings. The third-order valence-corrected chi connectivity index (χ3v) is 5.58. The minimum absolute atomic E-state index is 0.232. The maximum Gasteiger partial charge on any atom is 0.267 e. The number of amides is 1. The van der Waals surface area contributed by atoms with Crippen LogP contribution in [0.5, 0.6) is 5.75 Å². The summed E-state index contributed by atoms with van der Waals surface area (Å²) in [6.07, 6.45) is -0.0516. The standard InChI is InChI=1S/C16H20ClN3O2S2/c1-4-13(22-12-7-5-11(17)6-8-12)14(21)18-15-19-20-16(24-15)23-9-10(2)3/h5-8,10,13H,4,9H2,1-3H3,(H,18,19,21). The first kappa shape index (κ1) is 19.0. The number of carbonyl (C=O) groups is 1. The van der Waals surface area contributed by atoms with Gasteiger partial charge in [-0.15, -0.1) is 10.2 Å². The van der Waals surface area contributed by atoms with E-state index < -0.39 is 6.10 Å². The zero-order valence-corrected chi connectivity index (χ0v) is 16.2. The van der Waals surface area contributed by atoms with E-state index >= 15 is 0 Å². The van der Waals surface area contributed by atoms with Gasteiger partial charge in [0.25, 0.3) is 5.91 Å². The highest BCUT2D eigenvalue weighted by atomic mass is 35.5. The van der Waals surface area contributed by atoms with Gasteiger partial charge in [0.15, 0.2) is 10.4 Å². The van der Waals surface area contributed by atoms with Crippen molar-refractivity contribution >= 4 is 45.7 Å². The summed E-state index contributed by atoms with van der Waals surface area (Å²) in [6.45, 7) is 6.19. The lowest BCUT2D eigenvalue weighted by molar-refractivity contribution is -0.122. The van der Waals surface area contributed by atoms with Crippen LogP contribution in [0.2, 0.25) is 5.02 Å². The van der Waals surface area contributed by atoms with Crippen LogP contribution in [0.4, 0.5) is 5.13 Å². The molecule has 0 saturated heterocycles. The van der Waals surface area contributed by atoms with Crippen molar-refractivity contribution in [2.24, 2.45) is 5.92 Å². The highest BCUT2D eigenvalue weighted by molar-refractivity contribution is 8.01. The van der Waals surface area contributed by atoms with Gasteiger partial charge in [-0.25, -0.2) is 0 Å². The van der Waals surface area contributed by atoms with Crippen molar-refractivity contribution in [2.45, 2.75) is 37.6 Å². The summed E-state index contributed by atoms with van der Waals surface area (Å²) in [5, 5.41) is 12.0. The molecule has 0 spiro atoms. The molecule has 1 atom stereocenters. The third-order valence-electron chi connectivity index (χ3n) is 2.93. The zero-order chi connectivity index (χ0) is 17.5. The average molecular weight is 386 g/mol. The Morgan fingerprint density at radius 1 is 1.33 bits per heavy atom. The Kier molecular flexibility index (Phi) is 7.33. The predicted molar refractivity (Wildman–Crippen MR) is 100 cm³/mol. The van der Waals surface area contributed by atoms with Crippen molar-refractivity contribution in [2.75, 3.05) is 11.1 Å². The molecule has 2 rings (SSSR count). The van der Waals surface area contributed by atoms with Crippen molar-refractivity contribution < 1.29 is 9.53 Å². The number of benzene rings is 1. The highest BCUT2D eigenvalue weighted by Gasteiger charge is 2.20. The number of carbonyl (C=O) groups excluding carboxylic acids is 1. The van der Waals surface area contributed by atoms with Gasteiger partial charge in [0.2, 0.25) is 5.13 Å². The minimum atomic E-state index is -0.596. The Morgan fingerprint density at radius 2 is 2.04 bits per heavy atom. The van der Waals surface area contributed by atoms with Gasteiger partial charge in [-0.1, -0.05) is 55.5 Å². The topological polar surface area (TPSA) is 64.1 Å². The average Bonchev–Trinajstić information content (AvgIpc) is 2.99. The van der Waals surface area contributed by atoms with Gasteiger partial charge in [-0.05, 0) is 36.6 Å². The van der Waals surface area contributed by atoms with E-state index in [0.717, 1.165) is 10.1 Å². The van der Waals surface area contributed by atoms with E-state index in [2.05, 4.69) is 29.4 Å². The van der Waals surface area contributed by atoms with Gasteiger partial charge in [0.1, 0.15) is 5.75 Å². The molecule has 1 amide bonds. The lowest BCUT2D eigenvalue weighted by Gasteiger charge is -2.16. The van der Waals surface area contributed by atoms with Crippen LogP contribution < -0.4 is 10.1 Å². The molecule has 1 unspecified atom stereocenters. The first-order chi connectivity index (χ1) is 11.5. The number of ether oxygens (including phenoxy) is 1. The van der Waals surface area contributed by atoms with E-state index in [1.54, 1.807) is 36.0 Å². The summed E-state index contributed by atoms with van der Waals surface area (Å²) >= 11 is 8.87. The second kappa shape index (κ2) is 9.25. The molecule has 0 aliphatic rings. The first-order valence-corrected chi connectivity index (χ1v) is 9.85. The summed E-state index contributed by atoms with van der Waals surface area (Å²) in [7, 11) is 0. The molecular weight excluding hydrogens is 366 g/mol. The first-order valence-electron chi connectivity index (χ1n) is 7.67. The number of hydrogen-bond donors (Lipinski definition) is 1. The normalized spacial score (nSPS) is 12.2. The zero-order valence-electron chi connectivity index (χ0n) is 13.8. The molecule has 0 fully saturated rings. The maximum atomic E-state index is 12.4. The van der Waals surface area contributed by atoms with E-state index in [0.29, 0.717) is 28.2 Å². The van der Waals surface area contributed by atoms with Gasteiger partial charge >= 0.3 is 0 Å². The summed E-state index contributed by atoms with van der Waals surface area (Å²) < 4.78 is 6.57. The molecule has 1 heterocycles. The lowest BCUT2D eigenvalue weighted by atomic mass is 10.2. The number of rotatable bonds is 8. The number of thioether (sulfide) groups is 1. The third kappa shape index (κ3) is 5.96. The van der Waals surface area contributed by atoms with Gasteiger partial charge in [-0.3, -0.25) is 10.1 Å². The molecule has 130 valence electrons. The van der Waals surface area contributed by atoms with E-state index in [1.807, 2.05) is 6.92 Å². The van der Waals surface area contributed by atoms with Crippen molar-refractivity contribution in [3.05, 3.63) is 29.3 Å². The van der Waals surface area contributed by atoms with Crippen LogP contribution in [-0.2, 0) is 4.79 Å². The van der Waals surface area contributed by atoms with E-state index in [9.17, 15) is 4.79 Å². The van der Waals surface area contributed by atoms with Gasteiger partial charge in [-0.2, -0.15) is 0 Å². The van der Waals surface area contributed by atoms with Crippen LogP contribution in [-0.4, -0.2) is 28.0 Å². The number of anilines is 1. The molecule has 1 N–H and O–H groups in total. The van der Waals surface area contributed by atoms with E-state index in [4.69, 9.17) is 16.3 Å². The fourth-order valence-electron chi connectivity index (χ4n) is 1.74.